The average Bonchev–Trinajstić information content (AvgIpc) is 3.11. The van der Waals surface area contributed by atoms with Crippen molar-refractivity contribution in [1.82, 2.24) is 15.4 Å². The highest BCUT2D eigenvalue weighted by atomic mass is 19.1. The van der Waals surface area contributed by atoms with Gasteiger partial charge >= 0.3 is 5.97 Å². The molecule has 1 saturated heterocycles. The first-order valence-electron chi connectivity index (χ1n) is 8.96. The largest absolute Gasteiger partial charge is 0.481 e. The zero-order valence-electron chi connectivity index (χ0n) is 15.5. The molecule has 28 heavy (non-hydrogen) atoms. The van der Waals surface area contributed by atoms with E-state index in [9.17, 15) is 23.5 Å². The molecule has 0 unspecified atom stereocenters. The van der Waals surface area contributed by atoms with E-state index in [1.807, 2.05) is 18.7 Å². The maximum Gasteiger partial charge on any atom is 0.309 e. The number of nitrogens with zero attached hydrogens (tertiary/aromatic N) is 2. The highest BCUT2D eigenvalue weighted by Gasteiger charge is 2.36. The predicted molar refractivity (Wildman–Crippen MR) is 95.6 cm³/mol. The molecule has 150 valence electrons. The predicted octanol–water partition coefficient (Wildman–Crippen LogP) is 2.53. The number of rotatable bonds is 5. The maximum absolute atomic E-state index is 13.9. The zero-order chi connectivity index (χ0) is 20.4. The molecule has 2 heterocycles. The van der Waals surface area contributed by atoms with Crippen LogP contribution in [0.4, 0.5) is 8.78 Å². The summed E-state index contributed by atoms with van der Waals surface area (Å²) in [6, 6.07) is 3.86. The molecule has 1 aliphatic heterocycles. The molecule has 7 nitrogen and oxygen atoms in total. The van der Waals surface area contributed by atoms with Gasteiger partial charge in [-0.3, -0.25) is 14.5 Å². The molecule has 1 aliphatic rings. The van der Waals surface area contributed by atoms with Crippen LogP contribution in [-0.2, 0) is 4.79 Å². The summed E-state index contributed by atoms with van der Waals surface area (Å²) in [6.45, 7) is 4.98. The van der Waals surface area contributed by atoms with Gasteiger partial charge in [-0.15, -0.1) is 0 Å². The van der Waals surface area contributed by atoms with Crippen molar-refractivity contribution in [3.63, 3.8) is 0 Å². The van der Waals surface area contributed by atoms with Crippen LogP contribution in [0.1, 0.15) is 30.8 Å². The van der Waals surface area contributed by atoms with E-state index in [-0.39, 0.29) is 23.1 Å². The number of amides is 1. The number of aliphatic carboxylic acids is 1. The smallest absolute Gasteiger partial charge is 0.309 e. The minimum atomic E-state index is -0.982. The van der Waals surface area contributed by atoms with Gasteiger partial charge < -0.3 is 14.9 Å². The van der Waals surface area contributed by atoms with E-state index < -0.39 is 35.5 Å². The number of carboxylic acid groups (broad SMARTS) is 1. The van der Waals surface area contributed by atoms with Gasteiger partial charge in [0.25, 0.3) is 5.91 Å². The lowest BCUT2D eigenvalue weighted by atomic mass is 9.91. The number of piperidine rings is 1. The molecule has 0 spiro atoms. The Labute approximate surface area is 160 Å². The Kier molecular flexibility index (Phi) is 5.73. The summed E-state index contributed by atoms with van der Waals surface area (Å²) in [6.07, 6.45) is 0.484. The SMILES string of the molecule is CC(C)N1CC[C@H](NC(=O)c2cc(-c3ccc(F)cc3F)on2)[C@@H](C(=O)O)C1. The number of benzene rings is 1. The molecule has 1 fully saturated rings. The molecular formula is C19H21F2N3O4. The molecule has 2 aromatic rings. The van der Waals surface area contributed by atoms with E-state index >= 15 is 0 Å². The second-order valence-electron chi connectivity index (χ2n) is 7.10. The van der Waals surface area contributed by atoms with Gasteiger partial charge in [0.05, 0.1) is 11.5 Å². The molecule has 0 bridgehead atoms. The molecule has 2 N–H and O–H groups in total. The number of hydrogen-bond donors (Lipinski definition) is 2. The van der Waals surface area contributed by atoms with Crippen molar-refractivity contribution in [1.29, 1.82) is 0 Å². The third-order valence-corrected chi connectivity index (χ3v) is 4.95. The summed E-state index contributed by atoms with van der Waals surface area (Å²) in [5.41, 5.74) is -0.129. The second kappa shape index (κ2) is 8.05. The fourth-order valence-electron chi connectivity index (χ4n) is 3.31. The van der Waals surface area contributed by atoms with Crippen LogP contribution in [0.5, 0.6) is 0 Å². The van der Waals surface area contributed by atoms with Crippen molar-refractivity contribution in [2.24, 2.45) is 5.92 Å². The summed E-state index contributed by atoms with van der Waals surface area (Å²) < 4.78 is 31.9. The van der Waals surface area contributed by atoms with Crippen LogP contribution < -0.4 is 5.32 Å². The van der Waals surface area contributed by atoms with Crippen LogP contribution in [0.15, 0.2) is 28.8 Å². The lowest BCUT2D eigenvalue weighted by molar-refractivity contribution is -0.144. The number of aromatic nitrogens is 1. The first kappa shape index (κ1) is 19.9. The van der Waals surface area contributed by atoms with Gasteiger partial charge in [-0.05, 0) is 32.4 Å². The first-order valence-corrected chi connectivity index (χ1v) is 8.96. The number of nitrogens with one attached hydrogen (secondary N) is 1. The topological polar surface area (TPSA) is 95.7 Å². The van der Waals surface area contributed by atoms with Crippen LogP contribution in [-0.4, -0.2) is 52.2 Å². The van der Waals surface area contributed by atoms with Crippen LogP contribution in [0.25, 0.3) is 11.3 Å². The van der Waals surface area contributed by atoms with E-state index in [1.165, 1.54) is 12.1 Å². The molecule has 9 heteroatoms. The third-order valence-electron chi connectivity index (χ3n) is 4.95. The van der Waals surface area contributed by atoms with Crippen LogP contribution >= 0.6 is 0 Å². The number of halogens is 2. The summed E-state index contributed by atoms with van der Waals surface area (Å²) in [4.78, 5) is 26.2. The van der Waals surface area contributed by atoms with Crippen molar-refractivity contribution >= 4 is 11.9 Å². The summed E-state index contributed by atoms with van der Waals surface area (Å²) >= 11 is 0. The summed E-state index contributed by atoms with van der Waals surface area (Å²) in [7, 11) is 0. The third kappa shape index (κ3) is 4.19. The van der Waals surface area contributed by atoms with E-state index in [2.05, 4.69) is 10.5 Å². The van der Waals surface area contributed by atoms with Gasteiger partial charge in [0.2, 0.25) is 0 Å². The Morgan fingerprint density at radius 1 is 1.32 bits per heavy atom. The normalized spacial score (nSPS) is 20.3. The quantitative estimate of drug-likeness (QED) is 0.811. The standard InChI is InChI=1S/C19H21F2N3O4/c1-10(2)24-6-5-15(13(9-24)19(26)27)22-18(25)16-8-17(28-23-16)12-4-3-11(20)7-14(12)21/h3-4,7-8,10,13,15H,5-6,9H2,1-2H3,(H,22,25)(H,26,27)/t13-,15-/m0/s1. The fraction of sp³-hybridized carbons (Fsp3) is 0.421. The van der Waals surface area contributed by atoms with Gasteiger partial charge in [0, 0.05) is 37.3 Å². The van der Waals surface area contributed by atoms with Crippen molar-refractivity contribution in [3.05, 3.63) is 41.6 Å². The lowest BCUT2D eigenvalue weighted by Crippen LogP contribution is -2.55. The van der Waals surface area contributed by atoms with Gasteiger partial charge in [0.15, 0.2) is 11.5 Å². The van der Waals surface area contributed by atoms with Gasteiger partial charge in [-0.2, -0.15) is 0 Å². The lowest BCUT2D eigenvalue weighted by Gasteiger charge is -2.38. The molecule has 2 atom stereocenters. The van der Waals surface area contributed by atoms with Crippen molar-refractivity contribution in [3.8, 4) is 11.3 Å². The summed E-state index contributed by atoms with van der Waals surface area (Å²) in [5.74, 6) is -3.92. The van der Waals surface area contributed by atoms with Crippen LogP contribution in [0.3, 0.4) is 0 Å². The Hall–Kier alpha value is -2.81. The minimum absolute atomic E-state index is 0.0212. The Bertz CT molecular complexity index is 884. The molecule has 0 saturated carbocycles. The first-order chi connectivity index (χ1) is 13.3. The molecule has 3 rings (SSSR count). The molecule has 1 amide bonds. The summed E-state index contributed by atoms with van der Waals surface area (Å²) in [5, 5.41) is 15.8. The number of hydrogen-bond acceptors (Lipinski definition) is 5. The highest BCUT2D eigenvalue weighted by Crippen LogP contribution is 2.25. The van der Waals surface area contributed by atoms with Crippen LogP contribution in [0.2, 0.25) is 0 Å². The van der Waals surface area contributed by atoms with Crippen LogP contribution in [0, 0.1) is 17.6 Å². The zero-order valence-corrected chi connectivity index (χ0v) is 15.5. The molecule has 1 aromatic heterocycles. The number of carbonyl (C=O) groups excluding carboxylic acids is 1. The molecule has 1 aromatic carbocycles. The fourth-order valence-corrected chi connectivity index (χ4v) is 3.31. The number of likely N-dealkylation sites (tertiary alicyclic amines) is 1. The molecule has 0 aliphatic carbocycles. The minimum Gasteiger partial charge on any atom is -0.481 e. The number of carbonyl (C=O) groups is 2. The monoisotopic (exact) mass is 393 g/mol. The van der Waals surface area contributed by atoms with E-state index in [0.717, 1.165) is 6.07 Å². The van der Waals surface area contributed by atoms with Gasteiger partial charge in [-0.25, -0.2) is 8.78 Å². The maximum atomic E-state index is 13.9. The second-order valence-corrected chi connectivity index (χ2v) is 7.10. The van der Waals surface area contributed by atoms with E-state index in [1.54, 1.807) is 0 Å². The average molecular weight is 393 g/mol. The number of carboxylic acids is 1. The van der Waals surface area contributed by atoms with E-state index in [4.69, 9.17) is 4.52 Å². The Morgan fingerprint density at radius 2 is 2.07 bits per heavy atom. The van der Waals surface area contributed by atoms with Gasteiger partial charge in [-0.1, -0.05) is 5.16 Å². The Balaban J connectivity index is 1.73. The molecular weight excluding hydrogens is 372 g/mol. The van der Waals surface area contributed by atoms with Crippen molar-refractivity contribution < 1.29 is 28.0 Å². The Morgan fingerprint density at radius 3 is 2.71 bits per heavy atom. The molecule has 0 radical (unpaired) electrons. The van der Waals surface area contributed by atoms with Crippen molar-refractivity contribution in [2.75, 3.05) is 13.1 Å². The highest BCUT2D eigenvalue weighted by molar-refractivity contribution is 5.93. The van der Waals surface area contributed by atoms with Gasteiger partial charge in [0.1, 0.15) is 11.6 Å². The van der Waals surface area contributed by atoms with Crippen molar-refractivity contribution in [2.45, 2.75) is 32.4 Å². The van der Waals surface area contributed by atoms with E-state index in [0.29, 0.717) is 25.6 Å².